The number of nitrogens with zero attached hydrogens (tertiary/aromatic N) is 2. The molecule has 0 aliphatic heterocycles. The first-order chi connectivity index (χ1) is 16.7. The molecule has 5 rings (SSSR count). The van der Waals surface area contributed by atoms with E-state index in [1.54, 1.807) is 0 Å². The van der Waals surface area contributed by atoms with E-state index in [0.29, 0.717) is 0 Å². The molecule has 0 amide bonds. The van der Waals surface area contributed by atoms with Crippen molar-refractivity contribution in [2.45, 2.75) is 19.6 Å². The molecule has 2 aromatic heterocycles. The van der Waals surface area contributed by atoms with E-state index in [4.69, 9.17) is 9.72 Å². The summed E-state index contributed by atoms with van der Waals surface area (Å²) in [5.41, 5.74) is 6.10. The van der Waals surface area contributed by atoms with Crippen LogP contribution in [0.25, 0.3) is 16.9 Å². The molecule has 168 valence electrons. The SMILES string of the molecule is Cc1ccc(NC(C(=O)OCc2ccccc2)c2c(-c3ccccc3)nc3ccccn23)cc1. The van der Waals surface area contributed by atoms with Crippen LogP contribution in [0.15, 0.2) is 109 Å². The Labute approximate surface area is 198 Å². The molecule has 5 aromatic rings. The highest BCUT2D eigenvalue weighted by atomic mass is 16.5. The number of benzene rings is 3. The fourth-order valence-electron chi connectivity index (χ4n) is 3.97. The van der Waals surface area contributed by atoms with Gasteiger partial charge in [-0.25, -0.2) is 9.78 Å². The molecule has 0 spiro atoms. The average molecular weight is 448 g/mol. The van der Waals surface area contributed by atoms with Crippen LogP contribution in [0.2, 0.25) is 0 Å². The zero-order chi connectivity index (χ0) is 23.3. The van der Waals surface area contributed by atoms with Crippen LogP contribution < -0.4 is 5.32 Å². The van der Waals surface area contributed by atoms with Crippen LogP contribution in [0.4, 0.5) is 5.69 Å². The number of rotatable bonds is 7. The van der Waals surface area contributed by atoms with Crippen molar-refractivity contribution in [2.75, 3.05) is 5.32 Å². The minimum absolute atomic E-state index is 0.198. The van der Waals surface area contributed by atoms with Crippen LogP contribution >= 0.6 is 0 Å². The topological polar surface area (TPSA) is 55.6 Å². The Morgan fingerprint density at radius 3 is 2.29 bits per heavy atom. The Morgan fingerprint density at radius 2 is 1.56 bits per heavy atom. The maximum atomic E-state index is 13.6. The van der Waals surface area contributed by atoms with Crippen molar-refractivity contribution in [3.8, 4) is 11.3 Å². The van der Waals surface area contributed by atoms with Crippen LogP contribution in [0.3, 0.4) is 0 Å². The number of hydrogen-bond acceptors (Lipinski definition) is 4. The predicted molar refractivity (Wildman–Crippen MR) is 134 cm³/mol. The number of aryl methyl sites for hydroxylation is 1. The van der Waals surface area contributed by atoms with Gasteiger partial charge in [0.25, 0.3) is 0 Å². The Hall–Kier alpha value is -4.38. The first-order valence-electron chi connectivity index (χ1n) is 11.3. The van der Waals surface area contributed by atoms with Crippen LogP contribution in [0, 0.1) is 6.92 Å². The maximum Gasteiger partial charge on any atom is 0.335 e. The summed E-state index contributed by atoms with van der Waals surface area (Å²) in [6, 6.07) is 32.6. The average Bonchev–Trinajstić information content (AvgIpc) is 3.27. The quantitative estimate of drug-likeness (QED) is 0.302. The van der Waals surface area contributed by atoms with E-state index in [0.717, 1.165) is 39.4 Å². The number of aromatic nitrogens is 2. The smallest absolute Gasteiger partial charge is 0.335 e. The molecule has 1 N–H and O–H groups in total. The van der Waals surface area contributed by atoms with Gasteiger partial charge < -0.3 is 14.5 Å². The van der Waals surface area contributed by atoms with E-state index in [9.17, 15) is 4.79 Å². The normalized spacial score (nSPS) is 11.8. The second-order valence-corrected chi connectivity index (χ2v) is 8.18. The highest BCUT2D eigenvalue weighted by Crippen LogP contribution is 2.32. The molecule has 1 unspecified atom stereocenters. The first kappa shape index (κ1) is 21.5. The summed E-state index contributed by atoms with van der Waals surface area (Å²) < 4.78 is 7.76. The number of carbonyl (C=O) groups is 1. The molecule has 1 atom stereocenters. The monoisotopic (exact) mass is 447 g/mol. The van der Waals surface area contributed by atoms with Crippen molar-refractivity contribution in [1.29, 1.82) is 0 Å². The van der Waals surface area contributed by atoms with Gasteiger partial charge in [0.05, 0.1) is 11.4 Å². The van der Waals surface area contributed by atoms with E-state index >= 15 is 0 Å². The lowest BCUT2D eigenvalue weighted by Crippen LogP contribution is -2.25. The Morgan fingerprint density at radius 1 is 0.882 bits per heavy atom. The Bertz CT molecular complexity index is 1390. The zero-order valence-corrected chi connectivity index (χ0v) is 18.9. The molecule has 0 fully saturated rings. The van der Waals surface area contributed by atoms with Crippen molar-refractivity contribution in [2.24, 2.45) is 0 Å². The van der Waals surface area contributed by atoms with Gasteiger partial charge in [-0.15, -0.1) is 0 Å². The number of hydrogen-bond donors (Lipinski definition) is 1. The summed E-state index contributed by atoms with van der Waals surface area (Å²) in [5, 5.41) is 3.41. The van der Waals surface area contributed by atoms with Gasteiger partial charge in [-0.1, -0.05) is 84.4 Å². The van der Waals surface area contributed by atoms with Crippen molar-refractivity contribution in [1.82, 2.24) is 9.38 Å². The number of pyridine rings is 1. The van der Waals surface area contributed by atoms with Crippen LogP contribution in [0.1, 0.15) is 22.9 Å². The second kappa shape index (κ2) is 9.63. The third kappa shape index (κ3) is 4.55. The van der Waals surface area contributed by atoms with E-state index in [1.165, 1.54) is 0 Å². The fraction of sp³-hybridized carbons (Fsp3) is 0.103. The van der Waals surface area contributed by atoms with Gasteiger partial charge in [0.1, 0.15) is 12.3 Å². The molecule has 5 heteroatoms. The van der Waals surface area contributed by atoms with E-state index < -0.39 is 6.04 Å². The molecule has 3 aromatic carbocycles. The molecule has 0 saturated carbocycles. The van der Waals surface area contributed by atoms with Gasteiger partial charge in [0, 0.05) is 17.4 Å². The lowest BCUT2D eigenvalue weighted by atomic mass is 10.0. The Balaban J connectivity index is 1.59. The van der Waals surface area contributed by atoms with Crippen molar-refractivity contribution >= 4 is 17.3 Å². The largest absolute Gasteiger partial charge is 0.459 e. The standard InChI is InChI=1S/C29H25N3O2/c1-21-15-17-24(18-16-21)30-27(29(33)34-20-22-10-4-2-5-11-22)28-26(23-12-6-3-7-13-23)31-25-14-8-9-19-32(25)28/h2-19,27,30H,20H2,1H3. The van der Waals surface area contributed by atoms with Crippen LogP contribution in [-0.4, -0.2) is 15.4 Å². The first-order valence-corrected chi connectivity index (χ1v) is 11.3. The van der Waals surface area contributed by atoms with E-state index in [2.05, 4.69) is 5.32 Å². The van der Waals surface area contributed by atoms with Gasteiger partial charge in [0.2, 0.25) is 0 Å². The highest BCUT2D eigenvalue weighted by molar-refractivity contribution is 5.84. The summed E-state index contributed by atoms with van der Waals surface area (Å²) in [5.74, 6) is -0.368. The minimum atomic E-state index is -0.765. The molecule has 34 heavy (non-hydrogen) atoms. The number of esters is 1. The number of ether oxygens (including phenoxy) is 1. The molecule has 5 nitrogen and oxygen atoms in total. The van der Waals surface area contributed by atoms with Gasteiger partial charge in [-0.3, -0.25) is 0 Å². The molecular weight excluding hydrogens is 422 g/mol. The molecule has 0 aliphatic carbocycles. The molecular formula is C29H25N3O2. The number of anilines is 1. The molecule has 0 radical (unpaired) electrons. The Kier molecular flexibility index (Phi) is 6.08. The summed E-state index contributed by atoms with van der Waals surface area (Å²) in [4.78, 5) is 18.5. The van der Waals surface area contributed by atoms with Gasteiger partial charge in [0.15, 0.2) is 6.04 Å². The number of imidazole rings is 1. The third-order valence-electron chi connectivity index (χ3n) is 5.71. The lowest BCUT2D eigenvalue weighted by Gasteiger charge is -2.20. The second-order valence-electron chi connectivity index (χ2n) is 8.18. The van der Waals surface area contributed by atoms with Gasteiger partial charge >= 0.3 is 5.97 Å². The number of nitrogens with one attached hydrogen (secondary N) is 1. The summed E-state index contributed by atoms with van der Waals surface area (Å²) in [6.07, 6.45) is 1.93. The molecule has 0 aliphatic rings. The van der Waals surface area contributed by atoms with Crippen molar-refractivity contribution in [3.63, 3.8) is 0 Å². The van der Waals surface area contributed by atoms with E-state index in [-0.39, 0.29) is 12.6 Å². The summed E-state index contributed by atoms with van der Waals surface area (Å²) in [6.45, 7) is 2.23. The number of carbonyl (C=O) groups excluding carboxylic acids is 1. The maximum absolute atomic E-state index is 13.6. The summed E-state index contributed by atoms with van der Waals surface area (Å²) >= 11 is 0. The zero-order valence-electron chi connectivity index (χ0n) is 18.9. The molecule has 0 bridgehead atoms. The summed E-state index contributed by atoms with van der Waals surface area (Å²) in [7, 11) is 0. The predicted octanol–water partition coefficient (Wildman–Crippen LogP) is 6.21. The highest BCUT2D eigenvalue weighted by Gasteiger charge is 2.30. The number of fused-ring (bicyclic) bond motifs is 1. The molecule has 2 heterocycles. The van der Waals surface area contributed by atoms with E-state index in [1.807, 2.05) is 121 Å². The third-order valence-corrected chi connectivity index (χ3v) is 5.71. The van der Waals surface area contributed by atoms with Crippen LogP contribution in [0.5, 0.6) is 0 Å². The molecule has 0 saturated heterocycles. The minimum Gasteiger partial charge on any atom is -0.459 e. The van der Waals surface area contributed by atoms with Gasteiger partial charge in [-0.2, -0.15) is 0 Å². The van der Waals surface area contributed by atoms with Crippen LogP contribution in [-0.2, 0) is 16.1 Å². The lowest BCUT2D eigenvalue weighted by molar-refractivity contribution is -0.146. The fourth-order valence-corrected chi connectivity index (χ4v) is 3.97. The van der Waals surface area contributed by atoms with Crippen molar-refractivity contribution < 1.29 is 9.53 Å². The van der Waals surface area contributed by atoms with Gasteiger partial charge in [-0.05, 0) is 36.8 Å². The van der Waals surface area contributed by atoms with Crippen molar-refractivity contribution in [3.05, 3.63) is 126 Å².